The van der Waals surface area contributed by atoms with Gasteiger partial charge < -0.3 is 4.74 Å². The number of rotatable bonds is 5. The summed E-state index contributed by atoms with van der Waals surface area (Å²) < 4.78 is 20.3. The van der Waals surface area contributed by atoms with Crippen LogP contribution in [0.15, 0.2) is 64.6 Å². The maximum atomic E-state index is 14.2. The molecule has 0 atom stereocenters. The number of carbonyl (C=O) groups is 3. The SMILES string of the molecule is COc1cc(/C=C2\C(=O)NC(=O)N(c3cccc(C)c3C)C2=O)cc(Br)c1Cc1ccccc1F. The van der Waals surface area contributed by atoms with Crippen LogP contribution in [0.4, 0.5) is 14.9 Å². The predicted octanol–water partition coefficient (Wildman–Crippen LogP) is 5.47. The standard InChI is InChI=1S/C27H22BrFN2O4/c1-15-7-6-10-23(16(15)2)31-26(33)20(25(32)30-27(31)34)11-17-12-21(28)19(24(13-17)35-3)14-18-8-4-5-9-22(18)29/h4-13H,14H2,1-3H3,(H,30,32,34)/b20-11+. The summed E-state index contributed by atoms with van der Waals surface area (Å²) in [6.45, 7) is 3.68. The van der Waals surface area contributed by atoms with Gasteiger partial charge in [0.2, 0.25) is 0 Å². The van der Waals surface area contributed by atoms with Crippen LogP contribution in [0.5, 0.6) is 5.75 Å². The van der Waals surface area contributed by atoms with E-state index in [2.05, 4.69) is 21.2 Å². The molecule has 0 spiro atoms. The molecule has 4 amide bonds. The molecule has 1 N–H and O–H groups in total. The Morgan fingerprint density at radius 3 is 2.51 bits per heavy atom. The van der Waals surface area contributed by atoms with E-state index in [0.717, 1.165) is 16.0 Å². The van der Waals surface area contributed by atoms with Crippen LogP contribution in [-0.2, 0) is 16.0 Å². The number of amides is 4. The molecule has 6 nitrogen and oxygen atoms in total. The Bertz CT molecular complexity index is 1400. The molecule has 0 saturated carbocycles. The van der Waals surface area contributed by atoms with Crippen LogP contribution >= 0.6 is 15.9 Å². The van der Waals surface area contributed by atoms with Gasteiger partial charge in [-0.1, -0.05) is 46.3 Å². The number of urea groups is 1. The van der Waals surface area contributed by atoms with E-state index in [-0.39, 0.29) is 17.8 Å². The van der Waals surface area contributed by atoms with E-state index in [1.165, 1.54) is 19.3 Å². The van der Waals surface area contributed by atoms with Crippen LogP contribution in [0.1, 0.15) is 27.8 Å². The number of nitrogens with one attached hydrogen (secondary N) is 1. The van der Waals surface area contributed by atoms with Gasteiger partial charge in [0.15, 0.2) is 0 Å². The smallest absolute Gasteiger partial charge is 0.335 e. The third kappa shape index (κ3) is 4.74. The Labute approximate surface area is 210 Å². The molecule has 1 aliphatic rings. The summed E-state index contributed by atoms with van der Waals surface area (Å²) in [6.07, 6.45) is 1.68. The molecule has 3 aromatic rings. The molecule has 1 fully saturated rings. The van der Waals surface area contributed by atoms with Crippen molar-refractivity contribution in [3.8, 4) is 5.75 Å². The van der Waals surface area contributed by atoms with Crippen molar-refractivity contribution in [2.75, 3.05) is 12.0 Å². The predicted molar refractivity (Wildman–Crippen MR) is 135 cm³/mol. The number of barbiturate groups is 1. The third-order valence-electron chi connectivity index (χ3n) is 5.95. The molecule has 3 aromatic carbocycles. The third-order valence-corrected chi connectivity index (χ3v) is 6.66. The summed E-state index contributed by atoms with van der Waals surface area (Å²) in [4.78, 5) is 39.4. The largest absolute Gasteiger partial charge is 0.496 e. The quantitative estimate of drug-likeness (QED) is 0.346. The molecule has 1 saturated heterocycles. The summed E-state index contributed by atoms with van der Waals surface area (Å²) in [6, 6.07) is 14.3. The topological polar surface area (TPSA) is 75.7 Å². The summed E-state index contributed by atoms with van der Waals surface area (Å²) in [5.41, 5.74) is 3.59. The minimum absolute atomic E-state index is 0.193. The lowest BCUT2D eigenvalue weighted by molar-refractivity contribution is -0.122. The average Bonchev–Trinajstić information content (AvgIpc) is 2.82. The first-order chi connectivity index (χ1) is 16.7. The maximum absolute atomic E-state index is 14.2. The molecule has 0 bridgehead atoms. The second-order valence-electron chi connectivity index (χ2n) is 8.13. The van der Waals surface area contributed by atoms with Crippen LogP contribution in [0.3, 0.4) is 0 Å². The zero-order valence-corrected chi connectivity index (χ0v) is 20.9. The number of benzene rings is 3. The van der Waals surface area contributed by atoms with Gasteiger partial charge >= 0.3 is 6.03 Å². The molecule has 0 unspecified atom stereocenters. The lowest BCUT2D eigenvalue weighted by atomic mass is 10.00. The minimum Gasteiger partial charge on any atom is -0.496 e. The van der Waals surface area contributed by atoms with E-state index in [4.69, 9.17) is 4.74 Å². The number of imide groups is 2. The maximum Gasteiger partial charge on any atom is 0.335 e. The molecule has 0 radical (unpaired) electrons. The minimum atomic E-state index is -0.801. The van der Waals surface area contributed by atoms with Gasteiger partial charge in [-0.05, 0) is 66.4 Å². The van der Waals surface area contributed by atoms with E-state index in [9.17, 15) is 18.8 Å². The van der Waals surface area contributed by atoms with E-state index in [0.29, 0.717) is 32.6 Å². The van der Waals surface area contributed by atoms with Gasteiger partial charge in [-0.15, -0.1) is 0 Å². The number of ether oxygens (including phenoxy) is 1. The lowest BCUT2D eigenvalue weighted by Crippen LogP contribution is -2.54. The van der Waals surface area contributed by atoms with Crippen molar-refractivity contribution in [2.24, 2.45) is 0 Å². The van der Waals surface area contributed by atoms with Crippen LogP contribution < -0.4 is 15.0 Å². The van der Waals surface area contributed by atoms with Crippen molar-refractivity contribution < 1.29 is 23.5 Å². The molecule has 0 aliphatic carbocycles. The Morgan fingerprint density at radius 2 is 1.80 bits per heavy atom. The highest BCUT2D eigenvalue weighted by molar-refractivity contribution is 9.10. The van der Waals surface area contributed by atoms with Crippen LogP contribution in [0.2, 0.25) is 0 Å². The number of anilines is 1. The van der Waals surface area contributed by atoms with Gasteiger partial charge in [-0.3, -0.25) is 14.9 Å². The van der Waals surface area contributed by atoms with Gasteiger partial charge in [-0.25, -0.2) is 14.1 Å². The summed E-state index contributed by atoms with van der Waals surface area (Å²) in [7, 11) is 1.49. The Balaban J connectivity index is 1.73. The van der Waals surface area contributed by atoms with Crippen LogP contribution in [0.25, 0.3) is 6.08 Å². The van der Waals surface area contributed by atoms with E-state index < -0.39 is 17.8 Å². The van der Waals surface area contributed by atoms with Gasteiger partial charge in [0.05, 0.1) is 12.8 Å². The zero-order chi connectivity index (χ0) is 25.3. The fraction of sp³-hybridized carbons (Fsp3) is 0.148. The molecule has 1 heterocycles. The van der Waals surface area contributed by atoms with Gasteiger partial charge in [0.1, 0.15) is 17.1 Å². The Hall–Kier alpha value is -3.78. The monoisotopic (exact) mass is 536 g/mol. The number of methoxy groups -OCH3 is 1. The number of hydrogen-bond acceptors (Lipinski definition) is 4. The normalized spacial score (nSPS) is 14.9. The van der Waals surface area contributed by atoms with E-state index >= 15 is 0 Å². The molecular weight excluding hydrogens is 515 g/mol. The number of hydrogen-bond donors (Lipinski definition) is 1. The zero-order valence-electron chi connectivity index (χ0n) is 19.3. The highest BCUT2D eigenvalue weighted by Crippen LogP contribution is 2.33. The Kier molecular flexibility index (Phi) is 6.84. The first-order valence-corrected chi connectivity index (χ1v) is 11.6. The number of aryl methyl sites for hydroxylation is 1. The summed E-state index contributed by atoms with van der Waals surface area (Å²) >= 11 is 3.51. The van der Waals surface area contributed by atoms with Crippen molar-refractivity contribution in [1.82, 2.24) is 5.32 Å². The molecule has 35 heavy (non-hydrogen) atoms. The van der Waals surface area contributed by atoms with Crippen molar-refractivity contribution in [2.45, 2.75) is 20.3 Å². The molecule has 1 aliphatic heterocycles. The Morgan fingerprint density at radius 1 is 1.06 bits per heavy atom. The van der Waals surface area contributed by atoms with Gasteiger partial charge in [-0.2, -0.15) is 0 Å². The van der Waals surface area contributed by atoms with Gasteiger partial charge in [0, 0.05) is 16.5 Å². The number of halogens is 2. The molecule has 0 aromatic heterocycles. The fourth-order valence-electron chi connectivity index (χ4n) is 3.92. The summed E-state index contributed by atoms with van der Waals surface area (Å²) in [5, 5.41) is 2.24. The van der Waals surface area contributed by atoms with Crippen molar-refractivity contribution in [3.63, 3.8) is 0 Å². The first kappa shape index (κ1) is 24.3. The van der Waals surface area contributed by atoms with Crippen LogP contribution in [0, 0.1) is 19.7 Å². The van der Waals surface area contributed by atoms with Crippen molar-refractivity contribution >= 4 is 45.5 Å². The molecule has 8 heteroatoms. The number of nitrogens with zero attached hydrogens (tertiary/aromatic N) is 1. The lowest BCUT2D eigenvalue weighted by Gasteiger charge is -2.28. The van der Waals surface area contributed by atoms with E-state index in [1.807, 2.05) is 13.0 Å². The fourth-order valence-corrected chi connectivity index (χ4v) is 4.52. The second-order valence-corrected chi connectivity index (χ2v) is 8.98. The highest BCUT2D eigenvalue weighted by Gasteiger charge is 2.37. The average molecular weight is 537 g/mol. The molecule has 4 rings (SSSR count). The summed E-state index contributed by atoms with van der Waals surface area (Å²) in [5.74, 6) is -1.38. The highest BCUT2D eigenvalue weighted by atomic mass is 79.9. The van der Waals surface area contributed by atoms with Crippen LogP contribution in [-0.4, -0.2) is 25.0 Å². The van der Waals surface area contributed by atoms with E-state index in [1.54, 1.807) is 49.4 Å². The second kappa shape index (κ2) is 9.84. The molecular formula is C27H22BrFN2O4. The first-order valence-electron chi connectivity index (χ1n) is 10.8. The van der Waals surface area contributed by atoms with Gasteiger partial charge in [0.25, 0.3) is 11.8 Å². The number of carbonyl (C=O) groups excluding carboxylic acids is 3. The molecule has 178 valence electrons. The van der Waals surface area contributed by atoms with Crippen molar-refractivity contribution in [3.05, 3.63) is 98.3 Å². The van der Waals surface area contributed by atoms with Crippen molar-refractivity contribution in [1.29, 1.82) is 0 Å².